The number of nitrogens with zero attached hydrogens (tertiary/aromatic N) is 2. The lowest BCUT2D eigenvalue weighted by Gasteiger charge is -2.38. The van der Waals surface area contributed by atoms with Gasteiger partial charge in [-0.25, -0.2) is 0 Å². The highest BCUT2D eigenvalue weighted by Gasteiger charge is 2.39. The van der Waals surface area contributed by atoms with Crippen LogP contribution in [0, 0.1) is 5.92 Å². The minimum atomic E-state index is -0.279. The second-order valence-corrected chi connectivity index (χ2v) is 6.40. The summed E-state index contributed by atoms with van der Waals surface area (Å²) in [5.41, 5.74) is -0.279. The van der Waals surface area contributed by atoms with Crippen molar-refractivity contribution >= 4 is 5.91 Å². The molecule has 1 atom stereocenters. The minimum absolute atomic E-state index is 0.279. The normalized spacial score (nSPS) is 33.9. The van der Waals surface area contributed by atoms with E-state index in [-0.39, 0.29) is 5.54 Å². The summed E-state index contributed by atoms with van der Waals surface area (Å²) in [5, 5.41) is 3.38. The Balaban J connectivity index is 1.50. The van der Waals surface area contributed by atoms with Crippen LogP contribution in [0.4, 0.5) is 0 Å². The first kappa shape index (κ1) is 12.4. The summed E-state index contributed by atoms with van der Waals surface area (Å²) < 4.78 is 0. The SMILES string of the molecule is CC1(C(=O)N2CCN(CC3CC3)CC2)CCCN1. The molecule has 3 fully saturated rings. The monoisotopic (exact) mass is 251 g/mol. The molecule has 0 radical (unpaired) electrons. The molecule has 102 valence electrons. The molecule has 1 saturated carbocycles. The second kappa shape index (κ2) is 4.82. The zero-order valence-corrected chi connectivity index (χ0v) is 11.5. The number of amides is 1. The zero-order valence-electron chi connectivity index (χ0n) is 11.5. The molecule has 1 unspecified atom stereocenters. The fourth-order valence-electron chi connectivity index (χ4n) is 3.23. The van der Waals surface area contributed by atoms with E-state index in [9.17, 15) is 4.79 Å². The van der Waals surface area contributed by atoms with Crippen molar-refractivity contribution in [3.63, 3.8) is 0 Å². The number of piperazine rings is 1. The van der Waals surface area contributed by atoms with Crippen LogP contribution in [-0.4, -0.2) is 60.5 Å². The fourth-order valence-corrected chi connectivity index (χ4v) is 3.23. The van der Waals surface area contributed by atoms with Gasteiger partial charge in [0, 0.05) is 32.7 Å². The summed E-state index contributed by atoms with van der Waals surface area (Å²) in [6.07, 6.45) is 4.96. The molecule has 0 aromatic carbocycles. The van der Waals surface area contributed by atoms with Crippen LogP contribution in [0.3, 0.4) is 0 Å². The summed E-state index contributed by atoms with van der Waals surface area (Å²) in [5.74, 6) is 1.28. The van der Waals surface area contributed by atoms with E-state index in [1.165, 1.54) is 19.4 Å². The van der Waals surface area contributed by atoms with Crippen molar-refractivity contribution in [1.29, 1.82) is 0 Å². The lowest BCUT2D eigenvalue weighted by atomic mass is 9.98. The van der Waals surface area contributed by atoms with Crippen LogP contribution in [-0.2, 0) is 4.79 Å². The zero-order chi connectivity index (χ0) is 12.6. The lowest BCUT2D eigenvalue weighted by molar-refractivity contribution is -0.139. The topological polar surface area (TPSA) is 35.6 Å². The average molecular weight is 251 g/mol. The molecule has 4 heteroatoms. The van der Waals surface area contributed by atoms with Crippen LogP contribution in [0.1, 0.15) is 32.6 Å². The molecule has 1 N–H and O–H groups in total. The number of rotatable bonds is 3. The Labute approximate surface area is 110 Å². The molecule has 0 spiro atoms. The molecule has 2 aliphatic heterocycles. The summed E-state index contributed by atoms with van der Waals surface area (Å²) in [7, 11) is 0. The number of carbonyl (C=O) groups excluding carboxylic acids is 1. The third-order valence-electron chi connectivity index (χ3n) is 4.71. The molecule has 1 amide bonds. The average Bonchev–Trinajstić information content (AvgIpc) is 3.09. The Morgan fingerprint density at radius 3 is 2.56 bits per heavy atom. The number of carbonyl (C=O) groups is 1. The van der Waals surface area contributed by atoms with Crippen molar-refractivity contribution in [2.75, 3.05) is 39.3 Å². The first-order valence-corrected chi connectivity index (χ1v) is 7.44. The molecule has 4 nitrogen and oxygen atoms in total. The lowest BCUT2D eigenvalue weighted by Crippen LogP contribution is -2.58. The Hall–Kier alpha value is -0.610. The van der Waals surface area contributed by atoms with Crippen LogP contribution in [0.15, 0.2) is 0 Å². The summed E-state index contributed by atoms with van der Waals surface area (Å²) >= 11 is 0. The van der Waals surface area contributed by atoms with Gasteiger partial charge in [-0.3, -0.25) is 9.69 Å². The molecule has 1 aliphatic carbocycles. The molecule has 0 aromatic rings. The second-order valence-electron chi connectivity index (χ2n) is 6.40. The van der Waals surface area contributed by atoms with Crippen molar-refractivity contribution < 1.29 is 4.79 Å². The Morgan fingerprint density at radius 2 is 2.00 bits per heavy atom. The van der Waals surface area contributed by atoms with Gasteiger partial charge in [-0.2, -0.15) is 0 Å². The largest absolute Gasteiger partial charge is 0.339 e. The highest BCUT2D eigenvalue weighted by atomic mass is 16.2. The molecule has 3 aliphatic rings. The molecule has 2 saturated heterocycles. The number of hydrogen-bond donors (Lipinski definition) is 1. The number of nitrogens with one attached hydrogen (secondary N) is 1. The highest BCUT2D eigenvalue weighted by molar-refractivity contribution is 5.86. The van der Waals surface area contributed by atoms with Gasteiger partial charge in [-0.05, 0) is 45.1 Å². The van der Waals surface area contributed by atoms with E-state index in [2.05, 4.69) is 22.0 Å². The highest BCUT2D eigenvalue weighted by Crippen LogP contribution is 2.30. The van der Waals surface area contributed by atoms with Crippen molar-refractivity contribution in [2.45, 2.75) is 38.1 Å². The summed E-state index contributed by atoms with van der Waals surface area (Å²) in [6.45, 7) is 8.29. The molecule has 2 heterocycles. The van der Waals surface area contributed by atoms with Crippen LogP contribution >= 0.6 is 0 Å². The predicted octanol–water partition coefficient (Wildman–Crippen LogP) is 0.683. The van der Waals surface area contributed by atoms with E-state index < -0.39 is 0 Å². The van der Waals surface area contributed by atoms with Crippen molar-refractivity contribution in [3.05, 3.63) is 0 Å². The van der Waals surface area contributed by atoms with Crippen molar-refractivity contribution in [2.24, 2.45) is 5.92 Å². The smallest absolute Gasteiger partial charge is 0.242 e. The quantitative estimate of drug-likeness (QED) is 0.801. The van der Waals surface area contributed by atoms with E-state index in [1.807, 2.05) is 0 Å². The van der Waals surface area contributed by atoms with Gasteiger partial charge < -0.3 is 10.2 Å². The molecule has 0 bridgehead atoms. The molecule has 0 aromatic heterocycles. The van der Waals surface area contributed by atoms with E-state index in [0.717, 1.165) is 51.5 Å². The van der Waals surface area contributed by atoms with Gasteiger partial charge in [0.1, 0.15) is 0 Å². The van der Waals surface area contributed by atoms with Gasteiger partial charge in [0.05, 0.1) is 5.54 Å². The minimum Gasteiger partial charge on any atom is -0.339 e. The summed E-state index contributed by atoms with van der Waals surface area (Å²) in [6, 6.07) is 0. The summed E-state index contributed by atoms with van der Waals surface area (Å²) in [4.78, 5) is 17.1. The van der Waals surface area contributed by atoms with E-state index >= 15 is 0 Å². The van der Waals surface area contributed by atoms with E-state index in [4.69, 9.17) is 0 Å². The first-order valence-electron chi connectivity index (χ1n) is 7.44. The first-order chi connectivity index (χ1) is 8.67. The van der Waals surface area contributed by atoms with Crippen LogP contribution in [0.2, 0.25) is 0 Å². The predicted molar refractivity (Wildman–Crippen MR) is 71.4 cm³/mol. The third kappa shape index (κ3) is 2.54. The number of hydrogen-bond acceptors (Lipinski definition) is 3. The Kier molecular flexibility index (Phi) is 3.32. The van der Waals surface area contributed by atoms with E-state index in [1.54, 1.807) is 0 Å². The van der Waals surface area contributed by atoms with Gasteiger partial charge in [-0.1, -0.05) is 0 Å². The van der Waals surface area contributed by atoms with Crippen LogP contribution in [0.5, 0.6) is 0 Å². The van der Waals surface area contributed by atoms with Gasteiger partial charge in [-0.15, -0.1) is 0 Å². The van der Waals surface area contributed by atoms with Gasteiger partial charge in [0.25, 0.3) is 0 Å². The van der Waals surface area contributed by atoms with E-state index in [0.29, 0.717) is 5.91 Å². The Bertz CT molecular complexity index is 313. The molecular weight excluding hydrogens is 226 g/mol. The van der Waals surface area contributed by atoms with Crippen LogP contribution < -0.4 is 5.32 Å². The maximum Gasteiger partial charge on any atom is 0.242 e. The van der Waals surface area contributed by atoms with Gasteiger partial charge in [0.2, 0.25) is 5.91 Å². The molecular formula is C14H25N3O. The maximum atomic E-state index is 12.5. The van der Waals surface area contributed by atoms with Gasteiger partial charge in [0.15, 0.2) is 0 Å². The standard InChI is InChI=1S/C14H25N3O/c1-14(5-2-6-15-14)13(18)17-9-7-16(8-10-17)11-12-3-4-12/h12,15H,2-11H2,1H3. The Morgan fingerprint density at radius 1 is 1.28 bits per heavy atom. The maximum absolute atomic E-state index is 12.5. The van der Waals surface area contributed by atoms with Crippen molar-refractivity contribution in [3.8, 4) is 0 Å². The van der Waals surface area contributed by atoms with Crippen LogP contribution in [0.25, 0.3) is 0 Å². The fraction of sp³-hybridized carbons (Fsp3) is 0.929. The van der Waals surface area contributed by atoms with Crippen molar-refractivity contribution in [1.82, 2.24) is 15.1 Å². The van der Waals surface area contributed by atoms with Gasteiger partial charge >= 0.3 is 0 Å². The molecule has 3 rings (SSSR count). The third-order valence-corrected chi connectivity index (χ3v) is 4.71. The molecule has 18 heavy (non-hydrogen) atoms.